The molecule has 0 aliphatic rings. The van der Waals surface area contributed by atoms with Crippen molar-refractivity contribution in [1.29, 1.82) is 0 Å². The van der Waals surface area contributed by atoms with Gasteiger partial charge in [0.1, 0.15) is 4.90 Å². The van der Waals surface area contributed by atoms with Crippen molar-refractivity contribution in [2.24, 2.45) is 7.05 Å². The Kier molecular flexibility index (Phi) is 5.50. The Hall–Kier alpha value is -1.66. The third-order valence-electron chi connectivity index (χ3n) is 4.66. The van der Waals surface area contributed by atoms with Crippen molar-refractivity contribution in [2.45, 2.75) is 57.9 Å². The van der Waals surface area contributed by atoms with Crippen LogP contribution >= 0.6 is 0 Å². The molecule has 2 unspecified atom stereocenters. The summed E-state index contributed by atoms with van der Waals surface area (Å²) in [6, 6.07) is 7.85. The van der Waals surface area contributed by atoms with E-state index in [9.17, 15) is 8.42 Å². The fraction of sp³-hybridized carbons (Fsp3) is 0.500. The van der Waals surface area contributed by atoms with Crippen LogP contribution in [0.15, 0.2) is 29.2 Å². The maximum absolute atomic E-state index is 12.7. The minimum Gasteiger partial charge on any atom is -0.271 e. The second-order valence-corrected chi connectivity index (χ2v) is 8.09. The van der Waals surface area contributed by atoms with E-state index in [1.165, 1.54) is 5.56 Å². The molecule has 0 spiro atoms. The number of hydrogen-bond donors (Lipinski definition) is 1. The van der Waals surface area contributed by atoms with Crippen molar-refractivity contribution in [3.63, 3.8) is 0 Å². The molecule has 132 valence electrons. The second kappa shape index (κ2) is 7.07. The molecule has 0 bridgehead atoms. The molecular weight excluding hydrogens is 322 g/mol. The smallest absolute Gasteiger partial charge is 0.244 e. The van der Waals surface area contributed by atoms with Crippen LogP contribution in [0.4, 0.5) is 0 Å². The monoisotopic (exact) mass is 349 g/mol. The summed E-state index contributed by atoms with van der Waals surface area (Å²) in [6.07, 6.45) is 1.08. The molecule has 6 heteroatoms. The summed E-state index contributed by atoms with van der Waals surface area (Å²) in [6.45, 7) is 9.69. The average molecular weight is 350 g/mol. The lowest BCUT2D eigenvalue weighted by molar-refractivity contribution is 0.565. The van der Waals surface area contributed by atoms with Gasteiger partial charge in [-0.25, -0.2) is 13.1 Å². The molecule has 1 heterocycles. The molecule has 1 N–H and O–H groups in total. The molecule has 0 saturated heterocycles. The van der Waals surface area contributed by atoms with Crippen molar-refractivity contribution in [2.75, 3.05) is 0 Å². The summed E-state index contributed by atoms with van der Waals surface area (Å²) in [5, 5.41) is 4.19. The Bertz CT molecular complexity index is 808. The number of nitrogens with one attached hydrogen (secondary N) is 1. The zero-order valence-corrected chi connectivity index (χ0v) is 16.1. The lowest BCUT2D eigenvalue weighted by Gasteiger charge is -2.16. The van der Waals surface area contributed by atoms with Crippen LogP contribution in [0.25, 0.3) is 0 Å². The van der Waals surface area contributed by atoms with Gasteiger partial charge in [0.05, 0.1) is 11.4 Å². The second-order valence-electron chi connectivity index (χ2n) is 6.44. The van der Waals surface area contributed by atoms with E-state index < -0.39 is 10.0 Å². The summed E-state index contributed by atoms with van der Waals surface area (Å²) in [5.74, 6) is 0.506. The molecule has 0 fully saturated rings. The summed E-state index contributed by atoms with van der Waals surface area (Å²) in [4.78, 5) is 0.271. The number of aromatic nitrogens is 2. The molecule has 0 saturated carbocycles. The molecule has 0 amide bonds. The van der Waals surface area contributed by atoms with E-state index in [-0.39, 0.29) is 10.9 Å². The van der Waals surface area contributed by atoms with E-state index in [4.69, 9.17) is 0 Å². The van der Waals surface area contributed by atoms with Crippen LogP contribution in [-0.2, 0) is 17.1 Å². The predicted octanol–water partition coefficient (Wildman–Crippen LogP) is 3.59. The van der Waals surface area contributed by atoms with Gasteiger partial charge in [0.25, 0.3) is 0 Å². The summed E-state index contributed by atoms with van der Waals surface area (Å²) in [7, 11) is -1.86. The molecular formula is C18H27N3O2S. The Balaban J connectivity index is 2.23. The zero-order chi connectivity index (χ0) is 18.1. The van der Waals surface area contributed by atoms with Gasteiger partial charge in [-0.3, -0.25) is 4.68 Å². The third-order valence-corrected chi connectivity index (χ3v) is 6.45. The van der Waals surface area contributed by atoms with Crippen molar-refractivity contribution in [1.82, 2.24) is 14.5 Å². The Labute approximate surface area is 145 Å². The number of aryl methyl sites for hydroxylation is 2. The lowest BCUT2D eigenvalue weighted by Crippen LogP contribution is -2.27. The van der Waals surface area contributed by atoms with Crippen molar-refractivity contribution in [3.8, 4) is 0 Å². The van der Waals surface area contributed by atoms with Crippen LogP contribution in [0.2, 0.25) is 0 Å². The van der Waals surface area contributed by atoms with Crippen LogP contribution in [0.3, 0.4) is 0 Å². The molecule has 5 nitrogen and oxygen atoms in total. The Morgan fingerprint density at radius 3 is 2.12 bits per heavy atom. The van der Waals surface area contributed by atoms with Crippen molar-refractivity contribution >= 4 is 10.0 Å². The predicted molar refractivity (Wildman–Crippen MR) is 96.6 cm³/mol. The third kappa shape index (κ3) is 3.70. The van der Waals surface area contributed by atoms with Gasteiger partial charge in [-0.1, -0.05) is 38.1 Å². The molecule has 0 radical (unpaired) electrons. The molecule has 2 rings (SSSR count). The van der Waals surface area contributed by atoms with Gasteiger partial charge < -0.3 is 0 Å². The van der Waals surface area contributed by atoms with E-state index in [2.05, 4.69) is 35.8 Å². The van der Waals surface area contributed by atoms with Gasteiger partial charge in [-0.2, -0.15) is 5.10 Å². The Morgan fingerprint density at radius 1 is 1.12 bits per heavy atom. The summed E-state index contributed by atoms with van der Waals surface area (Å²) < 4.78 is 29.8. The van der Waals surface area contributed by atoms with Crippen LogP contribution in [0.5, 0.6) is 0 Å². The van der Waals surface area contributed by atoms with Gasteiger partial charge in [0, 0.05) is 13.1 Å². The van der Waals surface area contributed by atoms with Crippen LogP contribution < -0.4 is 4.72 Å². The van der Waals surface area contributed by atoms with Gasteiger partial charge in [-0.05, 0) is 44.2 Å². The molecule has 2 atom stereocenters. The first-order valence-electron chi connectivity index (χ1n) is 8.29. The average Bonchev–Trinajstić information content (AvgIpc) is 2.79. The maximum Gasteiger partial charge on any atom is 0.244 e. The highest BCUT2D eigenvalue weighted by Crippen LogP contribution is 2.24. The highest BCUT2D eigenvalue weighted by atomic mass is 32.2. The first-order chi connectivity index (χ1) is 11.2. The van der Waals surface area contributed by atoms with Crippen LogP contribution in [-0.4, -0.2) is 18.2 Å². The largest absolute Gasteiger partial charge is 0.271 e. The van der Waals surface area contributed by atoms with E-state index >= 15 is 0 Å². The first kappa shape index (κ1) is 18.7. The number of nitrogens with zero attached hydrogens (tertiary/aromatic N) is 2. The van der Waals surface area contributed by atoms with E-state index in [0.717, 1.165) is 12.0 Å². The van der Waals surface area contributed by atoms with Crippen molar-refractivity contribution < 1.29 is 8.42 Å². The molecule has 2 aromatic rings. The van der Waals surface area contributed by atoms with E-state index in [0.29, 0.717) is 17.3 Å². The standard InChI is InChI=1S/C18H27N3O2S/c1-7-12(2)16-8-10-17(11-9-16)13(3)20-24(22,23)18-14(4)19-21(6)15(18)5/h8-13,20H,7H2,1-6H3. The number of benzene rings is 1. The first-order valence-corrected chi connectivity index (χ1v) is 9.78. The molecule has 0 aliphatic heterocycles. The SMILES string of the molecule is CCC(C)c1ccc(C(C)NS(=O)(=O)c2c(C)nn(C)c2C)cc1. The minimum absolute atomic E-state index is 0.271. The lowest BCUT2D eigenvalue weighted by atomic mass is 9.96. The topological polar surface area (TPSA) is 64.0 Å². The van der Waals surface area contributed by atoms with Gasteiger partial charge in [0.2, 0.25) is 10.0 Å². The Morgan fingerprint density at radius 2 is 1.67 bits per heavy atom. The van der Waals surface area contributed by atoms with Crippen LogP contribution in [0, 0.1) is 13.8 Å². The molecule has 1 aromatic heterocycles. The van der Waals surface area contributed by atoms with Gasteiger partial charge in [0.15, 0.2) is 0 Å². The van der Waals surface area contributed by atoms with E-state index in [1.807, 2.05) is 19.1 Å². The van der Waals surface area contributed by atoms with Crippen molar-refractivity contribution in [3.05, 3.63) is 46.8 Å². The highest BCUT2D eigenvalue weighted by molar-refractivity contribution is 7.89. The van der Waals surface area contributed by atoms with Crippen LogP contribution in [0.1, 0.15) is 61.7 Å². The fourth-order valence-corrected chi connectivity index (χ4v) is 4.52. The normalized spacial score (nSPS) is 14.6. The quantitative estimate of drug-likeness (QED) is 0.867. The summed E-state index contributed by atoms with van der Waals surface area (Å²) in [5.41, 5.74) is 3.38. The minimum atomic E-state index is -3.61. The maximum atomic E-state index is 12.7. The fourth-order valence-electron chi connectivity index (χ4n) is 2.85. The molecule has 1 aromatic carbocycles. The van der Waals surface area contributed by atoms with E-state index in [1.54, 1.807) is 25.6 Å². The zero-order valence-electron chi connectivity index (χ0n) is 15.3. The number of rotatable bonds is 6. The molecule has 0 aliphatic carbocycles. The van der Waals surface area contributed by atoms with Gasteiger partial charge >= 0.3 is 0 Å². The number of hydrogen-bond acceptors (Lipinski definition) is 3. The number of sulfonamides is 1. The summed E-state index contributed by atoms with van der Waals surface area (Å²) >= 11 is 0. The highest BCUT2D eigenvalue weighted by Gasteiger charge is 2.25. The van der Waals surface area contributed by atoms with Gasteiger partial charge in [-0.15, -0.1) is 0 Å². The molecule has 24 heavy (non-hydrogen) atoms.